The molecule has 5 rings (SSSR count). The van der Waals surface area contributed by atoms with Gasteiger partial charge in [0.1, 0.15) is 11.6 Å². The van der Waals surface area contributed by atoms with Gasteiger partial charge < -0.3 is 15.5 Å². The van der Waals surface area contributed by atoms with E-state index in [1.807, 2.05) is 18.2 Å². The van der Waals surface area contributed by atoms with Gasteiger partial charge >= 0.3 is 0 Å². The molecule has 164 valence electrons. The number of carbonyl (C=O) groups is 4. The van der Waals surface area contributed by atoms with Crippen molar-refractivity contribution in [2.24, 2.45) is 0 Å². The van der Waals surface area contributed by atoms with Gasteiger partial charge in [0.15, 0.2) is 0 Å². The standard InChI is InChI=1S/C22H27N5O4/c28-17-5-4-16(19(29)25-17)27-13-15-3-1-2-14(18(15)20(27)30)12-26-11-10-24-21(31)22(26)6-8-23-9-7-22/h1-3,16,23H,4-13H2,(H,24,31)(H,25,28,29). The van der Waals surface area contributed by atoms with Crippen LogP contribution < -0.4 is 16.0 Å². The highest BCUT2D eigenvalue weighted by Gasteiger charge is 2.47. The first-order valence-corrected chi connectivity index (χ1v) is 11.0. The predicted molar refractivity (Wildman–Crippen MR) is 111 cm³/mol. The lowest BCUT2D eigenvalue weighted by Gasteiger charge is -2.48. The number of piperazine rings is 1. The van der Waals surface area contributed by atoms with Crippen LogP contribution in [-0.4, -0.2) is 71.2 Å². The summed E-state index contributed by atoms with van der Waals surface area (Å²) < 4.78 is 0. The highest BCUT2D eigenvalue weighted by Crippen LogP contribution is 2.34. The van der Waals surface area contributed by atoms with Crippen molar-refractivity contribution in [2.75, 3.05) is 26.2 Å². The summed E-state index contributed by atoms with van der Waals surface area (Å²) in [6, 6.07) is 5.19. The molecule has 1 unspecified atom stereocenters. The van der Waals surface area contributed by atoms with E-state index in [-0.39, 0.29) is 24.1 Å². The van der Waals surface area contributed by atoms with E-state index in [2.05, 4.69) is 20.9 Å². The zero-order valence-electron chi connectivity index (χ0n) is 17.4. The number of benzene rings is 1. The van der Waals surface area contributed by atoms with Crippen LogP contribution in [0.25, 0.3) is 0 Å². The van der Waals surface area contributed by atoms with Crippen molar-refractivity contribution in [3.8, 4) is 0 Å². The highest BCUT2D eigenvalue weighted by atomic mass is 16.2. The fraction of sp³-hybridized carbons (Fsp3) is 0.545. The fourth-order valence-corrected chi connectivity index (χ4v) is 5.47. The Hall–Kier alpha value is -2.78. The molecule has 3 saturated heterocycles. The number of amides is 4. The van der Waals surface area contributed by atoms with Gasteiger partial charge in [-0.3, -0.25) is 29.4 Å². The number of nitrogens with zero attached hydrogens (tertiary/aromatic N) is 2. The van der Waals surface area contributed by atoms with Crippen LogP contribution in [0, 0.1) is 0 Å². The Morgan fingerprint density at radius 1 is 1.06 bits per heavy atom. The van der Waals surface area contributed by atoms with E-state index < -0.39 is 17.5 Å². The van der Waals surface area contributed by atoms with Crippen molar-refractivity contribution in [3.05, 3.63) is 34.9 Å². The second-order valence-corrected chi connectivity index (χ2v) is 8.81. The van der Waals surface area contributed by atoms with Crippen molar-refractivity contribution in [2.45, 2.75) is 50.4 Å². The maximum atomic E-state index is 13.4. The summed E-state index contributed by atoms with van der Waals surface area (Å²) in [6.45, 7) is 3.80. The molecule has 1 atom stereocenters. The molecule has 1 spiro atoms. The quantitative estimate of drug-likeness (QED) is 0.564. The van der Waals surface area contributed by atoms with Crippen molar-refractivity contribution in [1.29, 1.82) is 0 Å². The van der Waals surface area contributed by atoms with Crippen LogP contribution in [0.1, 0.15) is 47.2 Å². The van der Waals surface area contributed by atoms with Crippen molar-refractivity contribution in [1.82, 2.24) is 25.8 Å². The number of carbonyl (C=O) groups excluding carboxylic acids is 4. The third kappa shape index (κ3) is 3.32. The minimum absolute atomic E-state index is 0.0734. The van der Waals surface area contributed by atoms with Crippen molar-refractivity contribution >= 4 is 23.6 Å². The van der Waals surface area contributed by atoms with Crippen molar-refractivity contribution in [3.63, 3.8) is 0 Å². The van der Waals surface area contributed by atoms with Gasteiger partial charge in [0.05, 0.1) is 0 Å². The minimum Gasteiger partial charge on any atom is -0.353 e. The largest absolute Gasteiger partial charge is 0.353 e. The average Bonchev–Trinajstić information content (AvgIpc) is 3.10. The van der Waals surface area contributed by atoms with Gasteiger partial charge in [0, 0.05) is 38.2 Å². The van der Waals surface area contributed by atoms with Crippen molar-refractivity contribution < 1.29 is 19.2 Å². The Morgan fingerprint density at radius 2 is 1.87 bits per heavy atom. The summed E-state index contributed by atoms with van der Waals surface area (Å²) in [7, 11) is 0. The van der Waals surface area contributed by atoms with E-state index in [0.717, 1.165) is 43.6 Å². The van der Waals surface area contributed by atoms with Gasteiger partial charge in [-0.25, -0.2) is 0 Å². The van der Waals surface area contributed by atoms with Crippen LogP contribution in [0.5, 0.6) is 0 Å². The Bertz CT molecular complexity index is 955. The topological polar surface area (TPSA) is 111 Å². The number of hydrogen-bond donors (Lipinski definition) is 3. The zero-order valence-corrected chi connectivity index (χ0v) is 17.4. The number of hydrogen-bond acceptors (Lipinski definition) is 6. The van der Waals surface area contributed by atoms with Crippen LogP contribution >= 0.6 is 0 Å². The highest BCUT2D eigenvalue weighted by molar-refractivity contribution is 6.06. The first kappa shape index (κ1) is 20.1. The molecular formula is C22H27N5O4. The normalized spacial score (nSPS) is 26.1. The lowest BCUT2D eigenvalue weighted by Crippen LogP contribution is -2.67. The lowest BCUT2D eigenvalue weighted by molar-refractivity contribution is -0.140. The Labute approximate surface area is 180 Å². The van der Waals surface area contributed by atoms with Gasteiger partial charge in [-0.15, -0.1) is 0 Å². The number of imide groups is 1. The summed E-state index contributed by atoms with van der Waals surface area (Å²) in [5, 5.41) is 8.70. The van der Waals surface area contributed by atoms with Gasteiger partial charge in [0.2, 0.25) is 17.7 Å². The molecule has 0 bridgehead atoms. The molecule has 0 saturated carbocycles. The van der Waals surface area contributed by atoms with Gasteiger partial charge in [-0.1, -0.05) is 18.2 Å². The molecule has 1 aromatic carbocycles. The summed E-state index contributed by atoms with van der Waals surface area (Å²) >= 11 is 0. The first-order valence-electron chi connectivity index (χ1n) is 11.0. The lowest BCUT2D eigenvalue weighted by atomic mass is 9.83. The van der Waals surface area contributed by atoms with Crippen LogP contribution in [0.2, 0.25) is 0 Å². The summed E-state index contributed by atoms with van der Waals surface area (Å²) in [4.78, 5) is 53.9. The maximum Gasteiger partial charge on any atom is 0.255 e. The van der Waals surface area contributed by atoms with E-state index >= 15 is 0 Å². The molecule has 9 heteroatoms. The Kier molecular flexibility index (Phi) is 5.02. The molecule has 4 amide bonds. The smallest absolute Gasteiger partial charge is 0.255 e. The maximum absolute atomic E-state index is 13.4. The third-order valence-electron chi connectivity index (χ3n) is 7.13. The van der Waals surface area contributed by atoms with Crippen LogP contribution in [-0.2, 0) is 27.5 Å². The fourth-order valence-electron chi connectivity index (χ4n) is 5.47. The Balaban J connectivity index is 1.42. The monoisotopic (exact) mass is 425 g/mol. The molecule has 4 aliphatic heterocycles. The van der Waals surface area contributed by atoms with E-state index in [1.54, 1.807) is 4.90 Å². The molecule has 0 radical (unpaired) electrons. The molecule has 9 nitrogen and oxygen atoms in total. The number of nitrogens with one attached hydrogen (secondary N) is 3. The SMILES string of the molecule is O=C1CCC(N2Cc3cccc(CN4CCNC(=O)C45CCNCC5)c3C2=O)C(=O)N1. The third-order valence-corrected chi connectivity index (χ3v) is 7.13. The molecule has 31 heavy (non-hydrogen) atoms. The molecule has 0 aliphatic carbocycles. The van der Waals surface area contributed by atoms with Crippen LogP contribution in [0.15, 0.2) is 18.2 Å². The van der Waals surface area contributed by atoms with Crippen LogP contribution in [0.4, 0.5) is 0 Å². The van der Waals surface area contributed by atoms with E-state index in [9.17, 15) is 19.2 Å². The molecule has 3 N–H and O–H groups in total. The minimum atomic E-state index is -0.623. The molecule has 4 heterocycles. The predicted octanol–water partition coefficient (Wildman–Crippen LogP) is -0.498. The summed E-state index contributed by atoms with van der Waals surface area (Å²) in [5.41, 5.74) is 1.89. The molecular weight excluding hydrogens is 398 g/mol. The van der Waals surface area contributed by atoms with Crippen LogP contribution in [0.3, 0.4) is 0 Å². The Morgan fingerprint density at radius 3 is 2.65 bits per heavy atom. The number of rotatable bonds is 3. The number of fused-ring (bicyclic) bond motifs is 1. The molecule has 3 fully saturated rings. The zero-order chi connectivity index (χ0) is 21.6. The molecule has 1 aromatic rings. The first-order chi connectivity index (χ1) is 15.0. The van der Waals surface area contributed by atoms with Gasteiger partial charge in [-0.2, -0.15) is 0 Å². The van der Waals surface area contributed by atoms with E-state index in [1.165, 1.54) is 0 Å². The van der Waals surface area contributed by atoms with Gasteiger partial charge in [-0.05, 0) is 43.5 Å². The summed E-state index contributed by atoms with van der Waals surface area (Å²) in [6.07, 6.45) is 2.07. The second kappa shape index (κ2) is 7.72. The summed E-state index contributed by atoms with van der Waals surface area (Å²) in [5.74, 6) is -0.785. The average molecular weight is 425 g/mol. The molecule has 4 aliphatic rings. The molecule has 0 aromatic heterocycles. The van der Waals surface area contributed by atoms with Gasteiger partial charge in [0.25, 0.3) is 5.91 Å². The van der Waals surface area contributed by atoms with E-state index in [4.69, 9.17) is 0 Å². The number of piperidine rings is 2. The van der Waals surface area contributed by atoms with E-state index in [0.29, 0.717) is 31.6 Å². The second-order valence-electron chi connectivity index (χ2n) is 8.81.